The Morgan fingerprint density at radius 3 is 2.09 bits per heavy atom. The molecule has 0 radical (unpaired) electrons. The molecule has 5 rings (SSSR count). The van der Waals surface area contributed by atoms with Gasteiger partial charge in [0.25, 0.3) is 0 Å². The largest absolute Gasteiger partial charge is 0.366 e. The average molecular weight is 644 g/mol. The van der Waals surface area contributed by atoms with Crippen LogP contribution in [0.2, 0.25) is 0 Å². The second-order valence-corrected chi connectivity index (χ2v) is 9.24. The molecule has 1 aromatic heterocycles. The summed E-state index contributed by atoms with van der Waals surface area (Å²) < 4.78 is 2.14. The summed E-state index contributed by atoms with van der Waals surface area (Å²) in [5.74, 6) is 3.79. The van der Waals surface area contributed by atoms with E-state index in [0.717, 1.165) is 34.1 Å². The monoisotopic (exact) mass is 641 g/mol. The summed E-state index contributed by atoms with van der Waals surface area (Å²) in [5, 5.41) is 25.6. The van der Waals surface area contributed by atoms with E-state index in [0.29, 0.717) is 25.9 Å². The van der Waals surface area contributed by atoms with Gasteiger partial charge in [0.15, 0.2) is 5.79 Å². The molecule has 3 heterocycles. The van der Waals surface area contributed by atoms with Crippen LogP contribution in [0.5, 0.6) is 0 Å². The molecule has 192 valence electrons. The topological polar surface area (TPSA) is 118 Å². The minimum absolute atomic E-state index is 0. The fourth-order valence-electron chi connectivity index (χ4n) is 3.54. The van der Waals surface area contributed by atoms with E-state index in [2.05, 4.69) is 71.1 Å². The molecule has 3 aromatic rings. The highest BCUT2D eigenvalue weighted by Gasteiger charge is 2.24. The smallest absolute Gasteiger partial charge is 0.164 e. The molecule has 34 heavy (non-hydrogen) atoms. The van der Waals surface area contributed by atoms with Gasteiger partial charge in [0, 0.05) is 65.5 Å². The Morgan fingerprint density at radius 1 is 0.882 bits per heavy atom. The van der Waals surface area contributed by atoms with E-state index in [4.69, 9.17) is 16.1 Å². The number of rotatable bonds is 1. The first-order valence-electron chi connectivity index (χ1n) is 10.3. The molecular weight excluding hydrogens is 609 g/mol. The predicted octanol–water partition coefficient (Wildman–Crippen LogP) is 4.84. The van der Waals surface area contributed by atoms with E-state index in [-0.39, 0.29) is 32.2 Å². The van der Waals surface area contributed by atoms with Crippen LogP contribution in [0.1, 0.15) is 31.5 Å². The van der Waals surface area contributed by atoms with Crippen molar-refractivity contribution in [2.24, 2.45) is 5.84 Å². The van der Waals surface area contributed by atoms with Crippen LogP contribution in [0.25, 0.3) is 10.9 Å². The number of fused-ring (bicyclic) bond motifs is 3. The zero-order valence-electron chi connectivity index (χ0n) is 18.0. The molecule has 0 aliphatic carbocycles. The van der Waals surface area contributed by atoms with Crippen LogP contribution >= 0.6 is 56.7 Å². The number of hydrogen-bond donors (Lipinski definition) is 7. The number of hydrazine groups is 1. The van der Waals surface area contributed by atoms with E-state index in [9.17, 15) is 0 Å². The van der Waals surface area contributed by atoms with Crippen molar-refractivity contribution in [2.75, 3.05) is 25.1 Å². The number of benzene rings is 2. The molecule has 7 nitrogen and oxygen atoms in total. The maximum Gasteiger partial charge on any atom is 0.164 e. The van der Waals surface area contributed by atoms with Crippen molar-refractivity contribution >= 4 is 73.3 Å². The third-order valence-electron chi connectivity index (χ3n) is 5.27. The Hall–Kier alpha value is -0.880. The Balaban J connectivity index is 0.000000484. The number of aromatic amines is 1. The number of hydrogen-bond acceptors (Lipinski definition) is 6. The Bertz CT molecular complexity index is 997. The number of nitrogens with one attached hydrogen (secondary N) is 4. The Kier molecular flexibility index (Phi) is 15.6. The third-order valence-corrected chi connectivity index (χ3v) is 6.62. The quantitative estimate of drug-likeness (QED) is 0.116. The van der Waals surface area contributed by atoms with Crippen molar-refractivity contribution in [1.29, 1.82) is 0 Å². The second kappa shape index (κ2) is 16.0. The summed E-state index contributed by atoms with van der Waals surface area (Å²) in [7, 11) is 0. The molecule has 0 saturated carbocycles. The molecule has 1 fully saturated rings. The Labute approximate surface area is 230 Å². The predicted molar refractivity (Wildman–Crippen MR) is 154 cm³/mol. The second-order valence-electron chi connectivity index (χ2n) is 7.53. The van der Waals surface area contributed by atoms with E-state index in [1.54, 1.807) is 0 Å². The number of halogens is 4. The van der Waals surface area contributed by atoms with Crippen molar-refractivity contribution in [1.82, 2.24) is 15.6 Å². The number of para-hydroxylation sites is 2. The summed E-state index contributed by atoms with van der Waals surface area (Å²) in [4.78, 5) is 3.50. The van der Waals surface area contributed by atoms with Gasteiger partial charge < -0.3 is 31.3 Å². The first kappa shape index (κ1) is 33.1. The van der Waals surface area contributed by atoms with Crippen molar-refractivity contribution in [2.45, 2.75) is 39.0 Å². The number of piperidine rings is 1. The molecule has 2 aliphatic rings. The van der Waals surface area contributed by atoms with Crippen molar-refractivity contribution in [3.8, 4) is 0 Å². The van der Waals surface area contributed by atoms with Gasteiger partial charge in [0.2, 0.25) is 0 Å². The zero-order valence-corrected chi connectivity index (χ0v) is 22.8. The third kappa shape index (κ3) is 9.29. The molecule has 0 amide bonds. The number of nitrogen functional groups attached to an aromatic ring is 1. The summed E-state index contributed by atoms with van der Waals surface area (Å²) in [5.41, 5.74) is 7.52. The van der Waals surface area contributed by atoms with E-state index < -0.39 is 5.79 Å². The highest BCUT2D eigenvalue weighted by molar-refractivity contribution is 9.11. The molecule has 8 N–H and O–H groups in total. The van der Waals surface area contributed by atoms with Gasteiger partial charge in [-0.3, -0.25) is 5.84 Å². The van der Waals surface area contributed by atoms with Crippen LogP contribution in [0.4, 0.5) is 5.69 Å². The highest BCUT2D eigenvalue weighted by Crippen LogP contribution is 2.29. The maximum atomic E-state index is 8.89. The molecule has 2 aromatic carbocycles. The number of aliphatic hydroxyl groups is 2. The van der Waals surface area contributed by atoms with Crippen molar-refractivity contribution in [3.05, 3.63) is 62.7 Å². The first-order valence-corrected chi connectivity index (χ1v) is 11.8. The standard InChI is InChI=1S/C11H11BrN2.C6H7BrN2.C5H11NO2.CH4.2ClH/c12-9-3-1-2-7-8-6-13-5-4-10(8)14-11(7)9;7-5-3-1-2-4-6(5)9-8;7-5(8)1-3-6-4-2-5;;;/h1-3,13-14H,4-6H2;1-4,9H,8H2;6-8H,1-4H2;1H4;2*1H. The lowest BCUT2D eigenvalue weighted by molar-refractivity contribution is -0.175. The van der Waals surface area contributed by atoms with Gasteiger partial charge in [0.1, 0.15) is 0 Å². The molecule has 0 atom stereocenters. The van der Waals surface area contributed by atoms with Gasteiger partial charge in [-0.1, -0.05) is 31.7 Å². The van der Waals surface area contributed by atoms with Gasteiger partial charge in [-0.15, -0.1) is 24.8 Å². The number of aromatic nitrogens is 1. The van der Waals surface area contributed by atoms with Crippen LogP contribution in [0, 0.1) is 0 Å². The first-order chi connectivity index (χ1) is 14.9. The lowest BCUT2D eigenvalue weighted by Crippen LogP contribution is -2.41. The minimum Gasteiger partial charge on any atom is -0.366 e. The van der Waals surface area contributed by atoms with Crippen molar-refractivity contribution in [3.63, 3.8) is 0 Å². The molecular formula is C23H35Br2Cl2N5O2. The summed E-state index contributed by atoms with van der Waals surface area (Å²) >= 11 is 6.89. The van der Waals surface area contributed by atoms with Gasteiger partial charge >= 0.3 is 0 Å². The fraction of sp³-hybridized carbons (Fsp3) is 0.391. The number of H-pyrrole nitrogens is 1. The average Bonchev–Trinajstić information content (AvgIpc) is 3.15. The van der Waals surface area contributed by atoms with Gasteiger partial charge in [-0.2, -0.15) is 0 Å². The molecule has 1 saturated heterocycles. The van der Waals surface area contributed by atoms with E-state index in [1.165, 1.54) is 22.2 Å². The molecule has 0 bridgehead atoms. The molecule has 0 spiro atoms. The minimum atomic E-state index is -1.38. The van der Waals surface area contributed by atoms with E-state index >= 15 is 0 Å². The number of nitrogens with two attached hydrogens (primary N) is 1. The fourth-order valence-corrected chi connectivity index (χ4v) is 4.40. The lowest BCUT2D eigenvalue weighted by Gasteiger charge is -2.26. The molecule has 11 heteroatoms. The van der Waals surface area contributed by atoms with Crippen molar-refractivity contribution < 1.29 is 10.2 Å². The van der Waals surface area contributed by atoms with Crippen LogP contribution in [-0.4, -0.2) is 40.6 Å². The maximum absolute atomic E-state index is 8.89. The van der Waals surface area contributed by atoms with Gasteiger partial charge in [-0.05, 0) is 55.6 Å². The molecule has 0 unspecified atom stereocenters. The normalized spacial score (nSPS) is 15.4. The van der Waals surface area contributed by atoms with Crippen LogP contribution < -0.4 is 21.9 Å². The van der Waals surface area contributed by atoms with Gasteiger partial charge in [-0.25, -0.2) is 0 Å². The van der Waals surface area contributed by atoms with Crippen LogP contribution in [-0.2, 0) is 13.0 Å². The van der Waals surface area contributed by atoms with Gasteiger partial charge in [0.05, 0.1) is 11.2 Å². The zero-order chi connectivity index (χ0) is 22.3. The number of anilines is 1. The molecule has 2 aliphatic heterocycles. The SMILES string of the molecule is Brc1cccc2c3c([nH]c12)CCNC3.C.Cl.Cl.NNc1ccccc1Br.OC1(O)CCNCC1. The lowest BCUT2D eigenvalue weighted by atomic mass is 10.1. The van der Waals surface area contributed by atoms with Crippen LogP contribution in [0.15, 0.2) is 51.4 Å². The summed E-state index contributed by atoms with van der Waals surface area (Å²) in [6.07, 6.45) is 2.01. The highest BCUT2D eigenvalue weighted by atomic mass is 79.9. The van der Waals surface area contributed by atoms with E-state index in [1.807, 2.05) is 24.3 Å². The Morgan fingerprint density at radius 2 is 1.53 bits per heavy atom. The van der Waals surface area contributed by atoms with Crippen LogP contribution in [0.3, 0.4) is 0 Å². The summed E-state index contributed by atoms with van der Waals surface area (Å²) in [6, 6.07) is 14.0. The summed E-state index contributed by atoms with van der Waals surface area (Å²) in [6.45, 7) is 3.50.